The van der Waals surface area contributed by atoms with Gasteiger partial charge in [0, 0.05) is 29.4 Å². The van der Waals surface area contributed by atoms with E-state index in [1.807, 2.05) is 6.07 Å². The third kappa shape index (κ3) is 3.13. The van der Waals surface area contributed by atoms with Crippen LogP contribution in [0.3, 0.4) is 0 Å². The number of hydrogen-bond donors (Lipinski definition) is 2. The number of ether oxygens (including phenoxy) is 2. The second-order valence-electron chi connectivity index (χ2n) is 7.08. The average Bonchev–Trinajstić information content (AvgIpc) is 3.13. The van der Waals surface area contributed by atoms with Crippen molar-refractivity contribution in [2.24, 2.45) is 5.92 Å². The molecule has 2 aliphatic rings. The van der Waals surface area contributed by atoms with Crippen molar-refractivity contribution in [2.45, 2.75) is 32.1 Å². The number of nitrogens with one attached hydrogen (secondary N) is 2. The largest absolute Gasteiger partial charge is 0.493 e. The second kappa shape index (κ2) is 7.08. The van der Waals surface area contributed by atoms with E-state index in [9.17, 15) is 0 Å². The number of aromatic nitrogens is 1. The van der Waals surface area contributed by atoms with Crippen molar-refractivity contribution in [3.05, 3.63) is 23.4 Å². The Morgan fingerprint density at radius 3 is 2.76 bits per heavy atom. The van der Waals surface area contributed by atoms with Gasteiger partial charge in [-0.05, 0) is 62.7 Å². The number of aryl methyl sites for hydroxylation is 1. The minimum atomic E-state index is 0.689. The Morgan fingerprint density at radius 1 is 1.16 bits per heavy atom. The summed E-state index contributed by atoms with van der Waals surface area (Å²) in [5, 5.41) is 8.42. The highest BCUT2D eigenvalue weighted by molar-refractivity contribution is 5.96. The van der Waals surface area contributed by atoms with Crippen LogP contribution in [-0.2, 0) is 12.8 Å². The highest BCUT2D eigenvalue weighted by atomic mass is 16.5. The van der Waals surface area contributed by atoms with Crippen molar-refractivity contribution < 1.29 is 9.47 Å². The van der Waals surface area contributed by atoms with Crippen LogP contribution < -0.4 is 20.1 Å². The Bertz CT molecular complexity index is 769. The molecule has 5 heteroatoms. The number of pyridine rings is 1. The number of rotatable bonds is 5. The number of nitrogens with zero attached hydrogens (tertiary/aromatic N) is 1. The molecule has 4 rings (SSSR count). The summed E-state index contributed by atoms with van der Waals surface area (Å²) in [6, 6.07) is 4.07. The lowest BCUT2D eigenvalue weighted by Gasteiger charge is -2.24. The Labute approximate surface area is 149 Å². The van der Waals surface area contributed by atoms with E-state index in [2.05, 4.69) is 16.7 Å². The zero-order valence-electron chi connectivity index (χ0n) is 15.2. The second-order valence-corrected chi connectivity index (χ2v) is 7.08. The Balaban J connectivity index is 1.74. The maximum Gasteiger partial charge on any atom is 0.162 e. The van der Waals surface area contributed by atoms with Crippen LogP contribution in [0.1, 0.15) is 30.5 Å². The van der Waals surface area contributed by atoms with Crippen molar-refractivity contribution in [1.82, 2.24) is 10.3 Å². The molecular weight excluding hydrogens is 314 g/mol. The molecular formula is C20H27N3O2. The first-order valence-electron chi connectivity index (χ1n) is 9.32. The van der Waals surface area contributed by atoms with E-state index in [0.29, 0.717) is 5.92 Å². The summed E-state index contributed by atoms with van der Waals surface area (Å²) in [6.07, 6.45) is 5.93. The highest BCUT2D eigenvalue weighted by Crippen LogP contribution is 2.39. The van der Waals surface area contributed by atoms with Crippen LogP contribution in [0.2, 0.25) is 0 Å². The van der Waals surface area contributed by atoms with Gasteiger partial charge in [-0.25, -0.2) is 0 Å². The molecule has 1 unspecified atom stereocenters. The SMILES string of the molecule is COc1cc2nc3c(c(NCC4CCCNC4)c2cc1OC)CCC3. The Morgan fingerprint density at radius 2 is 2.00 bits per heavy atom. The molecule has 134 valence electrons. The number of methoxy groups -OCH3 is 2. The van der Waals surface area contributed by atoms with E-state index < -0.39 is 0 Å². The third-order valence-electron chi connectivity index (χ3n) is 5.48. The minimum Gasteiger partial charge on any atom is -0.493 e. The van der Waals surface area contributed by atoms with Crippen LogP contribution in [-0.4, -0.2) is 38.8 Å². The highest BCUT2D eigenvalue weighted by Gasteiger charge is 2.22. The van der Waals surface area contributed by atoms with Gasteiger partial charge in [-0.2, -0.15) is 0 Å². The van der Waals surface area contributed by atoms with Crippen LogP contribution in [0.15, 0.2) is 12.1 Å². The lowest BCUT2D eigenvalue weighted by atomic mass is 9.99. The van der Waals surface area contributed by atoms with Gasteiger partial charge in [-0.1, -0.05) is 0 Å². The van der Waals surface area contributed by atoms with Crippen molar-refractivity contribution in [3.8, 4) is 11.5 Å². The number of benzene rings is 1. The lowest BCUT2D eigenvalue weighted by molar-refractivity contribution is 0.356. The Kier molecular flexibility index (Phi) is 4.66. The van der Waals surface area contributed by atoms with Crippen molar-refractivity contribution >= 4 is 16.6 Å². The van der Waals surface area contributed by atoms with Crippen molar-refractivity contribution in [2.75, 3.05) is 39.2 Å². The summed E-state index contributed by atoms with van der Waals surface area (Å²) in [4.78, 5) is 4.91. The number of piperidine rings is 1. The van der Waals surface area contributed by atoms with Gasteiger partial charge in [0.2, 0.25) is 0 Å². The molecule has 0 saturated carbocycles. The fraction of sp³-hybridized carbons (Fsp3) is 0.550. The fourth-order valence-electron chi connectivity index (χ4n) is 4.14. The molecule has 5 nitrogen and oxygen atoms in total. The predicted molar refractivity (Wildman–Crippen MR) is 101 cm³/mol. The quantitative estimate of drug-likeness (QED) is 0.875. The Hall–Kier alpha value is -2.01. The molecule has 1 fully saturated rings. The van der Waals surface area contributed by atoms with Gasteiger partial charge in [-0.3, -0.25) is 4.98 Å². The molecule has 0 amide bonds. The van der Waals surface area contributed by atoms with Gasteiger partial charge in [-0.15, -0.1) is 0 Å². The van der Waals surface area contributed by atoms with E-state index in [0.717, 1.165) is 54.9 Å². The fourth-order valence-corrected chi connectivity index (χ4v) is 4.14. The first kappa shape index (κ1) is 16.5. The minimum absolute atomic E-state index is 0.689. The number of hydrogen-bond acceptors (Lipinski definition) is 5. The van der Waals surface area contributed by atoms with Crippen LogP contribution in [0.5, 0.6) is 11.5 Å². The molecule has 1 saturated heterocycles. The van der Waals surface area contributed by atoms with E-state index in [-0.39, 0.29) is 0 Å². The number of anilines is 1. The number of fused-ring (bicyclic) bond motifs is 2. The zero-order valence-corrected chi connectivity index (χ0v) is 15.2. The summed E-state index contributed by atoms with van der Waals surface area (Å²) in [7, 11) is 3.36. The molecule has 0 spiro atoms. The maximum absolute atomic E-state index is 5.52. The predicted octanol–water partition coefficient (Wildman–Crippen LogP) is 3.15. The molecule has 1 aromatic carbocycles. The van der Waals surface area contributed by atoms with E-state index >= 15 is 0 Å². The van der Waals surface area contributed by atoms with Gasteiger partial charge < -0.3 is 20.1 Å². The van der Waals surface area contributed by atoms with Gasteiger partial charge in [0.25, 0.3) is 0 Å². The van der Waals surface area contributed by atoms with Crippen molar-refractivity contribution in [1.29, 1.82) is 0 Å². The summed E-state index contributed by atoms with van der Waals surface area (Å²) in [5.74, 6) is 2.19. The lowest BCUT2D eigenvalue weighted by Crippen LogP contribution is -2.33. The molecule has 1 aliphatic heterocycles. The summed E-state index contributed by atoms with van der Waals surface area (Å²) in [5.41, 5.74) is 4.87. The van der Waals surface area contributed by atoms with E-state index in [4.69, 9.17) is 14.5 Å². The molecule has 1 aliphatic carbocycles. The standard InChI is InChI=1S/C20H27N3O2/c1-24-18-9-15-17(10-19(18)25-2)23-16-7-3-6-14(16)20(15)22-12-13-5-4-8-21-11-13/h9-10,13,21H,3-8,11-12H2,1-2H3,(H,22,23). The molecule has 25 heavy (non-hydrogen) atoms. The summed E-state index contributed by atoms with van der Waals surface area (Å²) >= 11 is 0. The van der Waals surface area contributed by atoms with Crippen LogP contribution in [0.4, 0.5) is 5.69 Å². The topological polar surface area (TPSA) is 55.4 Å². The first-order valence-corrected chi connectivity index (χ1v) is 9.32. The molecule has 1 atom stereocenters. The van der Waals surface area contributed by atoms with E-state index in [1.54, 1.807) is 14.2 Å². The average molecular weight is 341 g/mol. The van der Waals surface area contributed by atoms with Gasteiger partial charge in [0.15, 0.2) is 11.5 Å². The van der Waals surface area contributed by atoms with Crippen LogP contribution in [0, 0.1) is 5.92 Å². The van der Waals surface area contributed by atoms with Gasteiger partial charge in [0.1, 0.15) is 0 Å². The van der Waals surface area contributed by atoms with Gasteiger partial charge in [0.05, 0.1) is 19.7 Å². The maximum atomic E-state index is 5.52. The van der Waals surface area contributed by atoms with Crippen LogP contribution >= 0.6 is 0 Å². The first-order chi connectivity index (χ1) is 12.3. The third-order valence-corrected chi connectivity index (χ3v) is 5.48. The van der Waals surface area contributed by atoms with E-state index in [1.165, 1.54) is 36.2 Å². The monoisotopic (exact) mass is 341 g/mol. The summed E-state index contributed by atoms with van der Waals surface area (Å²) in [6.45, 7) is 3.27. The molecule has 0 bridgehead atoms. The normalized spacial score (nSPS) is 19.7. The molecule has 0 radical (unpaired) electrons. The summed E-state index contributed by atoms with van der Waals surface area (Å²) < 4.78 is 11.0. The zero-order chi connectivity index (χ0) is 17.2. The smallest absolute Gasteiger partial charge is 0.162 e. The van der Waals surface area contributed by atoms with Crippen molar-refractivity contribution in [3.63, 3.8) is 0 Å². The molecule has 2 heterocycles. The van der Waals surface area contributed by atoms with Gasteiger partial charge >= 0.3 is 0 Å². The molecule has 2 aromatic rings. The van der Waals surface area contributed by atoms with Crippen LogP contribution in [0.25, 0.3) is 10.9 Å². The molecule has 1 aromatic heterocycles. The molecule has 2 N–H and O–H groups in total.